The summed E-state index contributed by atoms with van der Waals surface area (Å²) in [6.07, 6.45) is 4.02. The Bertz CT molecular complexity index is 781. The molecule has 2 aromatic rings. The van der Waals surface area contributed by atoms with E-state index in [0.717, 1.165) is 48.1 Å². The molecule has 1 atom stereocenters. The van der Waals surface area contributed by atoms with Gasteiger partial charge in [0, 0.05) is 18.5 Å². The van der Waals surface area contributed by atoms with Crippen molar-refractivity contribution in [3.8, 4) is 0 Å². The number of nitrogens with zero attached hydrogens (tertiary/aromatic N) is 1. The molecule has 0 bridgehead atoms. The average Bonchev–Trinajstić information content (AvgIpc) is 3.02. The fourth-order valence-electron chi connectivity index (χ4n) is 3.23. The molecule has 1 aliphatic carbocycles. The van der Waals surface area contributed by atoms with Crippen LogP contribution in [-0.4, -0.2) is 28.7 Å². The lowest BCUT2D eigenvalue weighted by atomic mass is 9.96. The summed E-state index contributed by atoms with van der Waals surface area (Å²) < 4.78 is 5.24. The van der Waals surface area contributed by atoms with Crippen LogP contribution in [0.1, 0.15) is 45.8 Å². The number of nitrogens with one attached hydrogen (secondary N) is 1. The number of benzene rings is 1. The number of aryl methyl sites for hydroxylation is 2. The van der Waals surface area contributed by atoms with Crippen molar-refractivity contribution >= 4 is 11.9 Å². The third-order valence-corrected chi connectivity index (χ3v) is 4.59. The molecule has 2 N–H and O–H groups in total. The molecule has 0 spiro atoms. The van der Waals surface area contributed by atoms with E-state index in [1.807, 2.05) is 31.2 Å². The standard InChI is InChI=1S/C19H22N2O4/c1-12-5-4-6-13(9-12)10-14(19(23)24)11-20-18(22)17-15-7-2-3-8-16(15)25-21-17/h4-6,9,14H,2-3,7-8,10-11H2,1H3,(H,20,22)(H,23,24). The van der Waals surface area contributed by atoms with Gasteiger partial charge in [-0.15, -0.1) is 0 Å². The average molecular weight is 342 g/mol. The first kappa shape index (κ1) is 17.2. The Hall–Kier alpha value is -2.63. The lowest BCUT2D eigenvalue weighted by Gasteiger charge is -2.14. The number of hydrogen-bond donors (Lipinski definition) is 2. The number of carbonyl (C=O) groups excluding carboxylic acids is 1. The Balaban J connectivity index is 1.64. The van der Waals surface area contributed by atoms with Crippen molar-refractivity contribution in [2.24, 2.45) is 5.92 Å². The number of carboxylic acids is 1. The Morgan fingerprint density at radius 1 is 1.32 bits per heavy atom. The smallest absolute Gasteiger partial charge is 0.308 e. The molecular weight excluding hydrogens is 320 g/mol. The van der Waals surface area contributed by atoms with E-state index in [1.165, 1.54) is 0 Å². The molecule has 0 saturated carbocycles. The summed E-state index contributed by atoms with van der Waals surface area (Å²) in [4.78, 5) is 23.9. The highest BCUT2D eigenvalue weighted by Gasteiger charge is 2.25. The van der Waals surface area contributed by atoms with Crippen molar-refractivity contribution in [1.82, 2.24) is 10.5 Å². The van der Waals surface area contributed by atoms with Gasteiger partial charge in [0.15, 0.2) is 5.69 Å². The van der Waals surface area contributed by atoms with E-state index >= 15 is 0 Å². The number of aromatic nitrogens is 1. The number of fused-ring (bicyclic) bond motifs is 1. The molecular formula is C19H22N2O4. The van der Waals surface area contributed by atoms with E-state index in [0.29, 0.717) is 12.1 Å². The number of aliphatic carboxylic acids is 1. The number of carbonyl (C=O) groups is 2. The molecule has 1 aromatic heterocycles. The first-order valence-electron chi connectivity index (χ1n) is 8.58. The van der Waals surface area contributed by atoms with Crippen molar-refractivity contribution in [2.45, 2.75) is 39.0 Å². The molecule has 132 valence electrons. The van der Waals surface area contributed by atoms with Gasteiger partial charge in [0.25, 0.3) is 5.91 Å². The zero-order valence-electron chi connectivity index (χ0n) is 14.2. The van der Waals surface area contributed by atoms with E-state index in [1.54, 1.807) is 0 Å². The fourth-order valence-corrected chi connectivity index (χ4v) is 3.23. The van der Waals surface area contributed by atoms with Gasteiger partial charge >= 0.3 is 5.97 Å². The minimum Gasteiger partial charge on any atom is -0.481 e. The Morgan fingerprint density at radius 3 is 2.88 bits per heavy atom. The topological polar surface area (TPSA) is 92.4 Å². The zero-order chi connectivity index (χ0) is 17.8. The Kier molecular flexibility index (Phi) is 5.16. The molecule has 0 fully saturated rings. The molecule has 1 unspecified atom stereocenters. The van der Waals surface area contributed by atoms with Crippen LogP contribution in [0.15, 0.2) is 28.8 Å². The van der Waals surface area contributed by atoms with Crippen LogP contribution in [0.25, 0.3) is 0 Å². The highest BCUT2D eigenvalue weighted by molar-refractivity contribution is 5.94. The highest BCUT2D eigenvalue weighted by Crippen LogP contribution is 2.24. The quantitative estimate of drug-likeness (QED) is 0.841. The van der Waals surface area contributed by atoms with Crippen LogP contribution < -0.4 is 5.32 Å². The summed E-state index contributed by atoms with van der Waals surface area (Å²) in [7, 11) is 0. The lowest BCUT2D eigenvalue weighted by molar-refractivity contribution is -0.141. The third-order valence-electron chi connectivity index (χ3n) is 4.59. The molecule has 1 heterocycles. The Morgan fingerprint density at radius 2 is 2.12 bits per heavy atom. The van der Waals surface area contributed by atoms with Crippen LogP contribution in [0.5, 0.6) is 0 Å². The van der Waals surface area contributed by atoms with Crippen LogP contribution in [0.4, 0.5) is 0 Å². The molecule has 1 aromatic carbocycles. The van der Waals surface area contributed by atoms with Gasteiger partial charge in [0.1, 0.15) is 5.76 Å². The maximum atomic E-state index is 12.4. The second kappa shape index (κ2) is 7.51. The maximum Gasteiger partial charge on any atom is 0.308 e. The van der Waals surface area contributed by atoms with Gasteiger partial charge in [0.05, 0.1) is 5.92 Å². The monoisotopic (exact) mass is 342 g/mol. The largest absolute Gasteiger partial charge is 0.481 e. The van der Waals surface area contributed by atoms with Crippen molar-refractivity contribution in [3.63, 3.8) is 0 Å². The van der Waals surface area contributed by atoms with Gasteiger partial charge in [-0.25, -0.2) is 0 Å². The summed E-state index contributed by atoms with van der Waals surface area (Å²) in [5.74, 6) is -1.19. The second-order valence-electron chi connectivity index (χ2n) is 6.58. The number of hydrogen-bond acceptors (Lipinski definition) is 4. The predicted octanol–water partition coefficient (Wildman–Crippen LogP) is 2.54. The molecule has 0 radical (unpaired) electrons. The summed E-state index contributed by atoms with van der Waals surface area (Å²) >= 11 is 0. The predicted molar refractivity (Wildman–Crippen MR) is 91.5 cm³/mol. The molecule has 3 rings (SSSR count). The van der Waals surface area contributed by atoms with Gasteiger partial charge in [-0.05, 0) is 38.2 Å². The number of amides is 1. The lowest BCUT2D eigenvalue weighted by Crippen LogP contribution is -2.34. The van der Waals surface area contributed by atoms with E-state index in [4.69, 9.17) is 4.52 Å². The van der Waals surface area contributed by atoms with Gasteiger partial charge in [-0.2, -0.15) is 0 Å². The van der Waals surface area contributed by atoms with Crippen molar-refractivity contribution in [2.75, 3.05) is 6.54 Å². The second-order valence-corrected chi connectivity index (χ2v) is 6.58. The fraction of sp³-hybridized carbons (Fsp3) is 0.421. The van der Waals surface area contributed by atoms with Gasteiger partial charge in [-0.3, -0.25) is 9.59 Å². The van der Waals surface area contributed by atoms with Gasteiger partial charge in [-0.1, -0.05) is 35.0 Å². The van der Waals surface area contributed by atoms with E-state index in [2.05, 4.69) is 10.5 Å². The van der Waals surface area contributed by atoms with Crippen LogP contribution >= 0.6 is 0 Å². The number of carboxylic acid groups (broad SMARTS) is 1. The third kappa shape index (κ3) is 4.07. The number of rotatable bonds is 6. The molecule has 6 heteroatoms. The first-order valence-corrected chi connectivity index (χ1v) is 8.58. The molecule has 25 heavy (non-hydrogen) atoms. The highest BCUT2D eigenvalue weighted by atomic mass is 16.5. The van der Waals surface area contributed by atoms with Crippen molar-refractivity contribution in [3.05, 3.63) is 52.4 Å². The van der Waals surface area contributed by atoms with Crippen LogP contribution in [-0.2, 0) is 24.1 Å². The van der Waals surface area contributed by atoms with E-state index < -0.39 is 11.9 Å². The molecule has 0 aliphatic heterocycles. The first-order chi connectivity index (χ1) is 12.0. The molecule has 0 saturated heterocycles. The van der Waals surface area contributed by atoms with Crippen LogP contribution in [0.2, 0.25) is 0 Å². The molecule has 1 aliphatic rings. The van der Waals surface area contributed by atoms with E-state index in [-0.39, 0.29) is 12.5 Å². The zero-order valence-corrected chi connectivity index (χ0v) is 14.2. The maximum absolute atomic E-state index is 12.4. The summed E-state index contributed by atoms with van der Waals surface area (Å²) in [6.45, 7) is 2.03. The summed E-state index contributed by atoms with van der Waals surface area (Å²) in [5.41, 5.74) is 3.20. The normalized spacial score (nSPS) is 14.6. The molecule has 6 nitrogen and oxygen atoms in total. The minimum absolute atomic E-state index is 0.0593. The van der Waals surface area contributed by atoms with Crippen molar-refractivity contribution in [1.29, 1.82) is 0 Å². The van der Waals surface area contributed by atoms with Crippen LogP contribution in [0.3, 0.4) is 0 Å². The molecule has 1 amide bonds. The van der Waals surface area contributed by atoms with Gasteiger partial charge in [0.2, 0.25) is 0 Å². The van der Waals surface area contributed by atoms with Crippen molar-refractivity contribution < 1.29 is 19.2 Å². The van der Waals surface area contributed by atoms with Gasteiger partial charge < -0.3 is 14.9 Å². The van der Waals surface area contributed by atoms with Crippen LogP contribution in [0, 0.1) is 12.8 Å². The van der Waals surface area contributed by atoms with E-state index in [9.17, 15) is 14.7 Å². The Labute approximate surface area is 146 Å². The minimum atomic E-state index is -0.927. The SMILES string of the molecule is Cc1cccc(CC(CNC(=O)c2noc3c2CCCC3)C(=O)O)c1. The summed E-state index contributed by atoms with van der Waals surface area (Å²) in [5, 5.41) is 16.0. The summed E-state index contributed by atoms with van der Waals surface area (Å²) in [6, 6.07) is 7.74.